The predicted molar refractivity (Wildman–Crippen MR) is 72.6 cm³/mol. The molecule has 0 spiro atoms. The molecule has 0 bridgehead atoms. The lowest BCUT2D eigenvalue weighted by atomic mass is 9.76. The lowest BCUT2D eigenvalue weighted by Gasteiger charge is -2.32. The van der Waals surface area contributed by atoms with E-state index in [1.54, 1.807) is 6.07 Å². The zero-order valence-electron chi connectivity index (χ0n) is 11.5. The Hall–Kier alpha value is -1.82. The van der Waals surface area contributed by atoms with Crippen LogP contribution in [0.2, 0.25) is 0 Å². The summed E-state index contributed by atoms with van der Waals surface area (Å²) in [5, 5.41) is 8.93. The molecule has 1 aromatic rings. The first-order valence-electron chi connectivity index (χ1n) is 6.03. The molecule has 2 heterocycles. The molecule has 0 N–H and O–H groups in total. The van der Waals surface area contributed by atoms with Gasteiger partial charge in [-0.15, -0.1) is 6.42 Å². The van der Waals surface area contributed by atoms with Crippen LogP contribution in [-0.2, 0) is 9.31 Å². The lowest BCUT2D eigenvalue weighted by Crippen LogP contribution is -2.41. The first kappa shape index (κ1) is 13.6. The topological polar surface area (TPSA) is 55.1 Å². The Labute approximate surface area is 113 Å². The number of hydrogen-bond donors (Lipinski definition) is 0. The van der Waals surface area contributed by atoms with E-state index in [0.29, 0.717) is 16.7 Å². The summed E-state index contributed by atoms with van der Waals surface area (Å²) in [7, 11) is -0.578. The SMILES string of the molecule is C#Cc1cnc(C#N)cc1B1OC(C)(C)C(C)(C)O1. The molecular formula is C14H15BN2O2. The minimum Gasteiger partial charge on any atom is -0.399 e. The van der Waals surface area contributed by atoms with Crippen molar-refractivity contribution in [3.63, 3.8) is 0 Å². The minimum atomic E-state index is -0.578. The van der Waals surface area contributed by atoms with Crippen molar-refractivity contribution < 1.29 is 9.31 Å². The second kappa shape index (κ2) is 4.38. The van der Waals surface area contributed by atoms with Crippen molar-refractivity contribution in [1.82, 2.24) is 4.98 Å². The van der Waals surface area contributed by atoms with Gasteiger partial charge in [-0.05, 0) is 33.8 Å². The first-order valence-corrected chi connectivity index (χ1v) is 6.03. The Morgan fingerprint density at radius 3 is 2.32 bits per heavy atom. The van der Waals surface area contributed by atoms with E-state index in [1.807, 2.05) is 33.8 Å². The van der Waals surface area contributed by atoms with Crippen LogP contribution in [-0.4, -0.2) is 23.3 Å². The van der Waals surface area contributed by atoms with Gasteiger partial charge >= 0.3 is 7.12 Å². The van der Waals surface area contributed by atoms with Gasteiger partial charge in [0.25, 0.3) is 0 Å². The molecule has 2 rings (SSSR count). The van der Waals surface area contributed by atoms with Gasteiger partial charge in [-0.3, -0.25) is 0 Å². The van der Waals surface area contributed by atoms with Crippen molar-refractivity contribution in [2.45, 2.75) is 38.9 Å². The summed E-state index contributed by atoms with van der Waals surface area (Å²) in [5.74, 6) is 2.55. The predicted octanol–water partition coefficient (Wildman–Crippen LogP) is 1.23. The molecular weight excluding hydrogens is 239 g/mol. The van der Waals surface area contributed by atoms with Crippen molar-refractivity contribution in [1.29, 1.82) is 5.26 Å². The van der Waals surface area contributed by atoms with E-state index in [1.165, 1.54) is 6.20 Å². The van der Waals surface area contributed by atoms with Crippen LogP contribution in [0.5, 0.6) is 0 Å². The molecule has 4 nitrogen and oxygen atoms in total. The first-order chi connectivity index (χ1) is 8.80. The summed E-state index contributed by atoms with van der Waals surface area (Å²) in [5.41, 5.74) is 0.660. The third-order valence-corrected chi connectivity index (χ3v) is 3.71. The highest BCUT2D eigenvalue weighted by Crippen LogP contribution is 2.36. The molecule has 5 heteroatoms. The van der Waals surface area contributed by atoms with Gasteiger partial charge < -0.3 is 9.31 Å². The van der Waals surface area contributed by atoms with Gasteiger partial charge in [0, 0.05) is 17.2 Å². The van der Waals surface area contributed by atoms with Gasteiger partial charge in [-0.25, -0.2) is 4.98 Å². The van der Waals surface area contributed by atoms with Crippen molar-refractivity contribution >= 4 is 12.6 Å². The van der Waals surface area contributed by atoms with E-state index >= 15 is 0 Å². The summed E-state index contributed by atoms with van der Waals surface area (Å²) in [6.45, 7) is 7.87. The molecule has 96 valence electrons. The van der Waals surface area contributed by atoms with Crippen molar-refractivity contribution in [3.8, 4) is 18.4 Å². The monoisotopic (exact) mass is 254 g/mol. The van der Waals surface area contributed by atoms with Gasteiger partial charge in [0.05, 0.1) is 11.2 Å². The van der Waals surface area contributed by atoms with Crippen molar-refractivity contribution in [2.75, 3.05) is 0 Å². The quantitative estimate of drug-likeness (QED) is 0.558. The maximum atomic E-state index is 8.93. The maximum absolute atomic E-state index is 8.93. The number of nitrogens with zero attached hydrogens (tertiary/aromatic N) is 2. The molecule has 1 fully saturated rings. The molecule has 0 saturated carbocycles. The summed E-state index contributed by atoms with van der Waals surface area (Å²) in [4.78, 5) is 3.96. The minimum absolute atomic E-state index is 0.295. The Morgan fingerprint density at radius 1 is 1.26 bits per heavy atom. The van der Waals surface area contributed by atoms with Crippen LogP contribution in [0.25, 0.3) is 0 Å². The lowest BCUT2D eigenvalue weighted by molar-refractivity contribution is 0.00578. The molecule has 19 heavy (non-hydrogen) atoms. The smallest absolute Gasteiger partial charge is 0.399 e. The van der Waals surface area contributed by atoms with E-state index < -0.39 is 18.3 Å². The Balaban J connectivity index is 2.45. The number of nitriles is 1. The fraction of sp³-hybridized carbons (Fsp3) is 0.429. The number of hydrogen-bond acceptors (Lipinski definition) is 4. The number of aromatic nitrogens is 1. The van der Waals surface area contributed by atoms with E-state index in [2.05, 4.69) is 10.9 Å². The molecule has 0 aliphatic carbocycles. The van der Waals surface area contributed by atoms with Gasteiger partial charge in [-0.1, -0.05) is 5.92 Å². The number of pyridine rings is 1. The van der Waals surface area contributed by atoms with Gasteiger partial charge in [-0.2, -0.15) is 5.26 Å². The fourth-order valence-corrected chi connectivity index (χ4v) is 1.82. The Morgan fingerprint density at radius 2 is 1.84 bits per heavy atom. The largest absolute Gasteiger partial charge is 0.496 e. The fourth-order valence-electron chi connectivity index (χ4n) is 1.82. The van der Waals surface area contributed by atoms with Crippen LogP contribution in [0.3, 0.4) is 0 Å². The number of rotatable bonds is 1. The Bertz CT molecular complexity index is 580. The molecule has 0 amide bonds. The third kappa shape index (κ3) is 2.23. The molecule has 1 saturated heterocycles. The second-order valence-corrected chi connectivity index (χ2v) is 5.50. The second-order valence-electron chi connectivity index (χ2n) is 5.50. The average Bonchev–Trinajstić information content (AvgIpc) is 2.57. The standard InChI is InChI=1S/C14H15BN2O2/c1-6-10-9-17-11(8-16)7-12(10)15-18-13(2,3)14(4,5)19-15/h1,7,9H,2-5H3. The van der Waals surface area contributed by atoms with Crippen LogP contribution in [0.15, 0.2) is 12.3 Å². The number of terminal acetylenes is 1. The van der Waals surface area contributed by atoms with Crippen molar-refractivity contribution in [2.24, 2.45) is 0 Å². The average molecular weight is 254 g/mol. The van der Waals surface area contributed by atoms with E-state index in [-0.39, 0.29) is 0 Å². The zero-order chi connectivity index (χ0) is 14.3. The highest BCUT2D eigenvalue weighted by molar-refractivity contribution is 6.62. The summed E-state index contributed by atoms with van der Waals surface area (Å²) in [6, 6.07) is 3.62. The van der Waals surface area contributed by atoms with Crippen LogP contribution >= 0.6 is 0 Å². The Kier molecular flexibility index (Phi) is 3.14. The normalized spacial score (nSPS) is 19.8. The molecule has 1 aromatic heterocycles. The van der Waals surface area contributed by atoms with Crippen LogP contribution < -0.4 is 5.46 Å². The summed E-state index contributed by atoms with van der Waals surface area (Å²) in [6.07, 6.45) is 6.96. The summed E-state index contributed by atoms with van der Waals surface area (Å²) >= 11 is 0. The molecule has 0 radical (unpaired) electrons. The van der Waals surface area contributed by atoms with Crippen LogP contribution in [0.4, 0.5) is 0 Å². The van der Waals surface area contributed by atoms with Gasteiger partial charge in [0.2, 0.25) is 0 Å². The highest BCUT2D eigenvalue weighted by Gasteiger charge is 2.52. The molecule has 1 aliphatic rings. The molecule has 0 atom stereocenters. The van der Waals surface area contributed by atoms with Crippen LogP contribution in [0, 0.1) is 23.7 Å². The summed E-state index contributed by atoms with van der Waals surface area (Å²) < 4.78 is 11.9. The van der Waals surface area contributed by atoms with Gasteiger partial charge in [0.15, 0.2) is 0 Å². The van der Waals surface area contributed by atoms with E-state index in [9.17, 15) is 0 Å². The molecule has 0 unspecified atom stereocenters. The maximum Gasteiger partial charge on any atom is 0.496 e. The van der Waals surface area contributed by atoms with Crippen LogP contribution in [0.1, 0.15) is 39.0 Å². The van der Waals surface area contributed by atoms with Gasteiger partial charge in [0.1, 0.15) is 11.8 Å². The third-order valence-electron chi connectivity index (χ3n) is 3.71. The molecule has 0 aromatic carbocycles. The zero-order valence-corrected chi connectivity index (χ0v) is 11.5. The van der Waals surface area contributed by atoms with E-state index in [4.69, 9.17) is 21.0 Å². The van der Waals surface area contributed by atoms with Crippen molar-refractivity contribution in [3.05, 3.63) is 23.5 Å². The highest BCUT2D eigenvalue weighted by atomic mass is 16.7. The van der Waals surface area contributed by atoms with E-state index in [0.717, 1.165) is 0 Å². The molecule has 1 aliphatic heterocycles.